The van der Waals surface area contributed by atoms with Gasteiger partial charge in [0, 0.05) is 51.6 Å². The van der Waals surface area contributed by atoms with Crippen molar-refractivity contribution >= 4 is 21.9 Å². The zero-order chi connectivity index (χ0) is 47.3. The van der Waals surface area contributed by atoms with E-state index in [1.54, 1.807) is 0 Å². The molecule has 0 aliphatic rings. The van der Waals surface area contributed by atoms with Gasteiger partial charge in [-0.15, -0.1) is 0 Å². The van der Waals surface area contributed by atoms with Gasteiger partial charge in [0.2, 0.25) is 0 Å². The molecule has 0 saturated carbocycles. The second kappa shape index (κ2) is 19.6. The summed E-state index contributed by atoms with van der Waals surface area (Å²) in [6.45, 7) is 0. The fraction of sp³-hybridized carbons (Fsp3) is 0.0597. The first-order chi connectivity index (χ1) is 35.1. The number of benzene rings is 8. The van der Waals surface area contributed by atoms with Gasteiger partial charge in [0.25, 0.3) is 0 Å². The minimum absolute atomic E-state index is 0.874. The van der Waals surface area contributed by atoms with Gasteiger partial charge in [0.05, 0.1) is 17.1 Å². The zero-order valence-corrected chi connectivity index (χ0v) is 39.2. The Balaban J connectivity index is 0.817. The quantitative estimate of drug-likeness (QED) is 0.116. The molecule has 0 fully saturated rings. The lowest BCUT2D eigenvalue weighted by atomic mass is 9.90. The van der Waals surface area contributed by atoms with E-state index in [1.807, 2.05) is 48.9 Å². The van der Waals surface area contributed by atoms with Crippen molar-refractivity contribution in [1.82, 2.24) is 15.0 Å². The van der Waals surface area contributed by atoms with Crippen molar-refractivity contribution < 1.29 is 4.42 Å². The van der Waals surface area contributed by atoms with Crippen molar-refractivity contribution in [3.63, 3.8) is 0 Å². The van der Waals surface area contributed by atoms with Crippen LogP contribution < -0.4 is 0 Å². The van der Waals surface area contributed by atoms with Crippen LogP contribution in [0.5, 0.6) is 0 Å². The molecule has 338 valence electrons. The molecule has 0 amide bonds. The number of hydrogen-bond donors (Lipinski definition) is 0. The SMILES string of the molecule is c1ccc(-c2cccc3c2oc2cc(-c4ccnc(-c5ccc(-c6ccccc6-c6cc(CCc7ccc(-c8ccccn8)cc7)cc(CCc7ccc(-c8ccccn8)cc7)c6)cc5)c4)ccc23)cc1. The summed E-state index contributed by atoms with van der Waals surface area (Å²) in [4.78, 5) is 14.0. The van der Waals surface area contributed by atoms with Gasteiger partial charge in [-0.05, 0) is 135 Å². The third kappa shape index (κ3) is 9.32. The Morgan fingerprint density at radius 2 is 0.761 bits per heavy atom. The molecule has 0 atom stereocenters. The molecule has 12 aromatic rings. The number of para-hydroxylation sites is 1. The minimum atomic E-state index is 0.874. The Kier molecular flexibility index (Phi) is 11.9. The molecule has 0 saturated heterocycles. The maximum absolute atomic E-state index is 6.60. The maximum atomic E-state index is 6.60. The van der Waals surface area contributed by atoms with Crippen LogP contribution in [0, 0.1) is 0 Å². The molecule has 71 heavy (non-hydrogen) atoms. The Labute approximate surface area is 414 Å². The Morgan fingerprint density at radius 3 is 1.39 bits per heavy atom. The molecule has 0 aliphatic heterocycles. The number of pyridine rings is 3. The van der Waals surface area contributed by atoms with Crippen LogP contribution >= 0.6 is 0 Å². The van der Waals surface area contributed by atoms with Crippen molar-refractivity contribution in [2.24, 2.45) is 0 Å². The predicted molar refractivity (Wildman–Crippen MR) is 293 cm³/mol. The lowest BCUT2D eigenvalue weighted by Gasteiger charge is -2.15. The molecule has 0 unspecified atom stereocenters. The van der Waals surface area contributed by atoms with E-state index >= 15 is 0 Å². The van der Waals surface area contributed by atoms with Crippen LogP contribution in [0.3, 0.4) is 0 Å². The highest BCUT2D eigenvalue weighted by Crippen LogP contribution is 2.39. The van der Waals surface area contributed by atoms with Gasteiger partial charge in [-0.25, -0.2) is 0 Å². The van der Waals surface area contributed by atoms with Gasteiger partial charge in [-0.2, -0.15) is 0 Å². The highest BCUT2D eigenvalue weighted by molar-refractivity contribution is 6.10. The van der Waals surface area contributed by atoms with Crippen molar-refractivity contribution in [2.45, 2.75) is 25.7 Å². The third-order valence-corrected chi connectivity index (χ3v) is 13.7. The van der Waals surface area contributed by atoms with E-state index in [0.717, 1.165) is 104 Å². The zero-order valence-electron chi connectivity index (χ0n) is 39.2. The van der Waals surface area contributed by atoms with Crippen LogP contribution in [0.4, 0.5) is 0 Å². The Morgan fingerprint density at radius 1 is 0.268 bits per heavy atom. The third-order valence-electron chi connectivity index (χ3n) is 13.7. The molecule has 4 heterocycles. The first kappa shape index (κ1) is 43.3. The number of nitrogens with zero attached hydrogens (tertiary/aromatic N) is 3. The molecule has 0 bridgehead atoms. The summed E-state index contributed by atoms with van der Waals surface area (Å²) in [7, 11) is 0. The number of hydrogen-bond acceptors (Lipinski definition) is 4. The van der Waals surface area contributed by atoms with Crippen LogP contribution in [-0.4, -0.2) is 15.0 Å². The topological polar surface area (TPSA) is 51.8 Å². The Hall–Kier alpha value is -8.99. The molecule has 0 aliphatic carbocycles. The average Bonchev–Trinajstić information content (AvgIpc) is 3.83. The van der Waals surface area contributed by atoms with E-state index in [4.69, 9.17) is 9.40 Å². The number of rotatable bonds is 13. The first-order valence-electron chi connectivity index (χ1n) is 24.5. The van der Waals surface area contributed by atoms with Gasteiger partial charge in [-0.1, -0.05) is 182 Å². The first-order valence-corrected chi connectivity index (χ1v) is 24.5. The average molecular weight is 912 g/mol. The molecular weight excluding hydrogens is 863 g/mol. The molecule has 4 heteroatoms. The monoisotopic (exact) mass is 911 g/mol. The van der Waals surface area contributed by atoms with Crippen LogP contribution in [0.15, 0.2) is 254 Å². The van der Waals surface area contributed by atoms with Crippen LogP contribution in [-0.2, 0) is 25.7 Å². The largest absolute Gasteiger partial charge is 0.455 e. The van der Waals surface area contributed by atoms with Gasteiger partial charge in [0.15, 0.2) is 0 Å². The standard InChI is InChI=1S/C67H49N3O/c1-2-11-50(12-3-1)60-15-10-16-62-61-36-35-55(45-66(61)71-67(60)62)56-37-40-70-65(44-56)54-33-31-51(32-34-54)58-13-4-5-14-59(58)57-42-48(21-19-46-23-27-52(28-24-46)63-17-6-8-38-68-63)41-49(43-57)22-20-47-25-29-53(30-26-47)64-18-7-9-39-69-64/h1-18,23-45H,19-22H2. The Bertz CT molecular complexity index is 3670. The van der Waals surface area contributed by atoms with E-state index in [-0.39, 0.29) is 0 Å². The van der Waals surface area contributed by atoms with Gasteiger partial charge < -0.3 is 4.42 Å². The smallest absolute Gasteiger partial charge is 0.143 e. The fourth-order valence-corrected chi connectivity index (χ4v) is 9.93. The van der Waals surface area contributed by atoms with Gasteiger partial charge in [0.1, 0.15) is 11.2 Å². The molecule has 0 radical (unpaired) electrons. The number of fused-ring (bicyclic) bond motifs is 3. The maximum Gasteiger partial charge on any atom is 0.143 e. The van der Waals surface area contributed by atoms with Crippen LogP contribution in [0.1, 0.15) is 22.3 Å². The summed E-state index contributed by atoms with van der Waals surface area (Å²) in [5.41, 5.74) is 22.6. The second-order valence-electron chi connectivity index (χ2n) is 18.3. The number of aromatic nitrogens is 3. The van der Waals surface area contributed by atoms with E-state index in [0.29, 0.717) is 0 Å². The van der Waals surface area contributed by atoms with Crippen LogP contribution in [0.2, 0.25) is 0 Å². The number of aryl methyl sites for hydroxylation is 4. The van der Waals surface area contributed by atoms with Crippen molar-refractivity contribution in [2.75, 3.05) is 0 Å². The van der Waals surface area contributed by atoms with E-state index < -0.39 is 0 Å². The lowest BCUT2D eigenvalue weighted by Crippen LogP contribution is -1.98. The summed E-state index contributed by atoms with van der Waals surface area (Å²) in [5.74, 6) is 0. The van der Waals surface area contributed by atoms with E-state index in [1.165, 1.54) is 44.5 Å². The van der Waals surface area contributed by atoms with Crippen molar-refractivity contribution in [3.8, 4) is 78.3 Å². The predicted octanol–water partition coefficient (Wildman–Crippen LogP) is 17.0. The van der Waals surface area contributed by atoms with Gasteiger partial charge >= 0.3 is 0 Å². The van der Waals surface area contributed by atoms with Crippen molar-refractivity contribution in [3.05, 3.63) is 271 Å². The molecule has 4 nitrogen and oxygen atoms in total. The molecule has 12 rings (SSSR count). The number of furan rings is 1. The summed E-state index contributed by atoms with van der Waals surface area (Å²) >= 11 is 0. The molecular formula is C67H49N3O. The fourth-order valence-electron chi connectivity index (χ4n) is 9.93. The molecule has 4 aromatic heterocycles. The molecule has 8 aromatic carbocycles. The van der Waals surface area contributed by atoms with Gasteiger partial charge in [-0.3, -0.25) is 15.0 Å². The van der Waals surface area contributed by atoms with E-state index in [2.05, 4.69) is 210 Å². The summed E-state index contributed by atoms with van der Waals surface area (Å²) in [5, 5.41) is 2.23. The second-order valence-corrected chi connectivity index (χ2v) is 18.3. The summed E-state index contributed by atoms with van der Waals surface area (Å²) in [6, 6.07) is 82.4. The normalized spacial score (nSPS) is 11.3. The molecule has 0 spiro atoms. The minimum Gasteiger partial charge on any atom is -0.455 e. The summed E-state index contributed by atoms with van der Waals surface area (Å²) < 4.78 is 6.60. The van der Waals surface area contributed by atoms with E-state index in [9.17, 15) is 0 Å². The molecule has 0 N–H and O–H groups in total. The highest BCUT2D eigenvalue weighted by atomic mass is 16.3. The highest BCUT2D eigenvalue weighted by Gasteiger charge is 2.15. The van der Waals surface area contributed by atoms with Crippen LogP contribution in [0.25, 0.3) is 100 Å². The summed E-state index contributed by atoms with van der Waals surface area (Å²) in [6.07, 6.45) is 9.37. The van der Waals surface area contributed by atoms with Crippen molar-refractivity contribution in [1.29, 1.82) is 0 Å². The lowest BCUT2D eigenvalue weighted by molar-refractivity contribution is 0.670.